The number of benzene rings is 3. The van der Waals surface area contributed by atoms with Gasteiger partial charge in [0.05, 0.1) is 59.6 Å². The number of ether oxygens (including phenoxy) is 2. The van der Waals surface area contributed by atoms with Crippen LogP contribution in [0.4, 0.5) is 5.69 Å². The quantitative estimate of drug-likeness (QED) is 0.129. The van der Waals surface area contributed by atoms with Gasteiger partial charge in [0.2, 0.25) is 0 Å². The fourth-order valence-electron chi connectivity index (χ4n) is 8.59. The number of hydrogen-bond donors (Lipinski definition) is 1. The van der Waals surface area contributed by atoms with Crippen molar-refractivity contribution in [1.82, 2.24) is 23.9 Å². The lowest BCUT2D eigenvalue weighted by Crippen LogP contribution is -2.43. The molecule has 1 N–H and O–H groups in total. The number of amides is 1. The summed E-state index contributed by atoms with van der Waals surface area (Å²) < 4.78 is 17.3. The Morgan fingerprint density at radius 1 is 0.966 bits per heavy atom. The van der Waals surface area contributed by atoms with Crippen LogP contribution in [0.2, 0.25) is 10.0 Å². The van der Waals surface area contributed by atoms with Crippen molar-refractivity contribution in [3.05, 3.63) is 122 Å². The minimum atomic E-state index is -1.08. The number of carboxylic acids is 1. The molecule has 1 aliphatic heterocycles. The van der Waals surface area contributed by atoms with Crippen molar-refractivity contribution in [3.8, 4) is 22.6 Å². The smallest absolute Gasteiger partial charge is 0.352 e. The van der Waals surface area contributed by atoms with Gasteiger partial charge in [0.1, 0.15) is 22.9 Å². The van der Waals surface area contributed by atoms with Gasteiger partial charge in [0.25, 0.3) is 5.91 Å². The number of carboxylic acid groups (broad SMARTS) is 1. The highest BCUT2D eigenvalue weighted by Gasteiger charge is 2.38. The molecule has 1 amide bonds. The molecule has 1 unspecified atom stereocenters. The summed E-state index contributed by atoms with van der Waals surface area (Å²) in [4.78, 5) is 34.4. The fourth-order valence-corrected chi connectivity index (χ4v) is 8.94. The normalized spacial score (nSPS) is 14.1. The number of nitrogens with zero attached hydrogens (tertiary/aromatic N) is 6. The monoisotopic (exact) mass is 818 g/mol. The summed E-state index contributed by atoms with van der Waals surface area (Å²) >= 11 is 13.6. The average Bonchev–Trinajstić information content (AvgIpc) is 3.82. The predicted molar refractivity (Wildman–Crippen MR) is 229 cm³/mol. The van der Waals surface area contributed by atoms with E-state index < -0.39 is 5.97 Å². The molecule has 0 radical (unpaired) electrons. The van der Waals surface area contributed by atoms with Crippen LogP contribution in [0, 0.1) is 27.7 Å². The molecular formula is C45H44Cl2N6O5. The zero-order valence-electron chi connectivity index (χ0n) is 33.5. The van der Waals surface area contributed by atoms with E-state index in [1.165, 1.54) is 0 Å². The molecule has 1 atom stereocenters. The van der Waals surface area contributed by atoms with Crippen LogP contribution in [0.15, 0.2) is 66.9 Å². The number of pyridine rings is 1. The second-order valence-electron chi connectivity index (χ2n) is 15.1. The number of halogens is 2. The van der Waals surface area contributed by atoms with Crippen molar-refractivity contribution in [2.24, 2.45) is 7.05 Å². The van der Waals surface area contributed by atoms with Crippen molar-refractivity contribution >= 4 is 62.6 Å². The summed E-state index contributed by atoms with van der Waals surface area (Å²) in [7, 11) is 3.49. The van der Waals surface area contributed by atoms with E-state index in [0.29, 0.717) is 64.7 Å². The summed E-state index contributed by atoms with van der Waals surface area (Å²) in [5.74, 6) is 0.0835. The molecule has 11 nitrogen and oxygen atoms in total. The first-order valence-corrected chi connectivity index (χ1v) is 20.0. The first-order chi connectivity index (χ1) is 27.8. The highest BCUT2D eigenvalue weighted by atomic mass is 35.5. The van der Waals surface area contributed by atoms with Crippen molar-refractivity contribution in [2.75, 3.05) is 25.2 Å². The Morgan fingerprint density at radius 3 is 2.38 bits per heavy atom. The largest absolute Gasteiger partial charge is 0.495 e. The molecule has 5 heterocycles. The minimum Gasteiger partial charge on any atom is -0.495 e. The van der Waals surface area contributed by atoms with Crippen LogP contribution in [-0.4, -0.2) is 61.1 Å². The molecule has 8 rings (SSSR count). The van der Waals surface area contributed by atoms with Crippen molar-refractivity contribution in [3.63, 3.8) is 0 Å². The van der Waals surface area contributed by atoms with Crippen LogP contribution >= 0.6 is 23.2 Å². The average molecular weight is 820 g/mol. The van der Waals surface area contributed by atoms with Gasteiger partial charge < -0.3 is 28.6 Å². The number of anilines is 1. The maximum atomic E-state index is 15.4. The van der Waals surface area contributed by atoms with E-state index in [9.17, 15) is 9.90 Å². The molecule has 7 aromatic rings. The van der Waals surface area contributed by atoms with Crippen LogP contribution < -0.4 is 14.4 Å². The lowest BCUT2D eigenvalue weighted by molar-refractivity contribution is 0.0686. The summed E-state index contributed by atoms with van der Waals surface area (Å²) in [5, 5.41) is 18.1. The topological polar surface area (TPSA) is 117 Å². The van der Waals surface area contributed by atoms with Crippen molar-refractivity contribution in [1.29, 1.82) is 0 Å². The Hall–Kier alpha value is -5.78. The van der Waals surface area contributed by atoms with E-state index in [1.807, 2.05) is 88.0 Å². The number of hydrogen-bond acceptors (Lipinski definition) is 6. The maximum absolute atomic E-state index is 15.4. The number of aromatic carboxylic acids is 1. The Labute approximate surface area is 346 Å². The van der Waals surface area contributed by atoms with E-state index in [2.05, 4.69) is 16.5 Å². The Kier molecular flexibility index (Phi) is 10.2. The first kappa shape index (κ1) is 39.1. The number of methoxy groups -OCH3 is 1. The second-order valence-corrected chi connectivity index (χ2v) is 15.9. The predicted octanol–water partition coefficient (Wildman–Crippen LogP) is 9.92. The zero-order valence-corrected chi connectivity index (χ0v) is 35.0. The van der Waals surface area contributed by atoms with E-state index in [-0.39, 0.29) is 24.2 Å². The lowest BCUT2D eigenvalue weighted by atomic mass is 9.98. The van der Waals surface area contributed by atoms with Crippen LogP contribution in [0.5, 0.6) is 11.5 Å². The van der Waals surface area contributed by atoms with E-state index in [1.54, 1.807) is 34.9 Å². The number of carbonyl (C=O) groups is 2. The molecule has 4 aromatic heterocycles. The molecule has 0 aliphatic carbocycles. The van der Waals surface area contributed by atoms with Gasteiger partial charge in [-0.2, -0.15) is 5.10 Å². The Balaban J connectivity index is 1.27. The van der Waals surface area contributed by atoms with Gasteiger partial charge in [0, 0.05) is 52.3 Å². The molecule has 0 saturated heterocycles. The SMILES string of the molecule is COc1ccc(Cn2c(C(=O)O)cc3cccc(N4CC(C)n5c(c(CCCOc6cc(C)c(Cl)c(C)c6)c6ccc(Cl)c(-c7c(C)nn(C)c7C)c65)C4=O)c32)nc1. The van der Waals surface area contributed by atoms with Crippen molar-refractivity contribution in [2.45, 2.75) is 60.0 Å². The second kappa shape index (κ2) is 15.2. The van der Waals surface area contributed by atoms with Gasteiger partial charge in [-0.3, -0.25) is 14.5 Å². The fraction of sp³-hybridized carbons (Fsp3) is 0.289. The number of rotatable bonds is 11. The van der Waals surface area contributed by atoms with Gasteiger partial charge >= 0.3 is 5.97 Å². The third-order valence-electron chi connectivity index (χ3n) is 11.3. The van der Waals surface area contributed by atoms with Gasteiger partial charge in [-0.1, -0.05) is 41.4 Å². The van der Waals surface area contributed by atoms with Crippen LogP contribution in [0.3, 0.4) is 0 Å². The standard InChI is InChI=1S/C45H44Cl2N6O5/c1-24-18-32(19-25(2)40(24)47)58-17-9-11-33-34-15-16-35(46)39(38-27(4)49-50(6)28(38)5)42(34)53-26(3)22-52(44(54)43(33)53)36-12-8-10-29-20-37(45(55)56)51(41(29)36)23-30-13-14-31(57-7)21-48-30/h8,10,12-16,18-21,26H,9,11,17,22-23H2,1-7H3,(H,55,56). The molecule has 13 heteroatoms. The van der Waals surface area contributed by atoms with Gasteiger partial charge in [-0.15, -0.1) is 0 Å². The minimum absolute atomic E-state index is 0.0972. The Bertz CT molecular complexity index is 2760. The molecular weight excluding hydrogens is 775 g/mol. The van der Waals surface area contributed by atoms with E-state index in [0.717, 1.165) is 60.9 Å². The van der Waals surface area contributed by atoms with Crippen molar-refractivity contribution < 1.29 is 24.2 Å². The molecule has 298 valence electrons. The number of fused-ring (bicyclic) bond motifs is 4. The van der Waals surface area contributed by atoms with E-state index in [4.69, 9.17) is 37.8 Å². The number of para-hydroxylation sites is 1. The number of aryl methyl sites for hydroxylation is 5. The highest BCUT2D eigenvalue weighted by Crippen LogP contribution is 2.46. The van der Waals surface area contributed by atoms with Crippen LogP contribution in [-0.2, 0) is 20.0 Å². The molecule has 0 bridgehead atoms. The third kappa shape index (κ3) is 6.56. The molecule has 3 aromatic carbocycles. The zero-order chi connectivity index (χ0) is 41.2. The summed E-state index contributed by atoms with van der Waals surface area (Å²) in [5.41, 5.74) is 9.86. The van der Waals surface area contributed by atoms with Crippen LogP contribution in [0.1, 0.15) is 74.1 Å². The summed E-state index contributed by atoms with van der Waals surface area (Å²) in [6.07, 6.45) is 2.79. The molecule has 0 fully saturated rings. The first-order valence-electron chi connectivity index (χ1n) is 19.2. The molecule has 0 spiro atoms. The molecule has 1 aliphatic rings. The summed E-state index contributed by atoms with van der Waals surface area (Å²) in [6.45, 7) is 11.0. The number of carbonyl (C=O) groups excluding carboxylic acids is 1. The third-order valence-corrected chi connectivity index (χ3v) is 12.2. The van der Waals surface area contributed by atoms with Crippen LogP contribution in [0.25, 0.3) is 32.9 Å². The molecule has 58 heavy (non-hydrogen) atoms. The van der Waals surface area contributed by atoms with Gasteiger partial charge in [-0.25, -0.2) is 4.79 Å². The highest BCUT2D eigenvalue weighted by molar-refractivity contribution is 6.35. The number of aromatic nitrogens is 5. The Morgan fingerprint density at radius 2 is 1.72 bits per heavy atom. The summed E-state index contributed by atoms with van der Waals surface area (Å²) in [6, 6.07) is 18.5. The van der Waals surface area contributed by atoms with E-state index >= 15 is 4.79 Å². The lowest BCUT2D eigenvalue weighted by Gasteiger charge is -2.35. The van der Waals surface area contributed by atoms with Gasteiger partial charge in [0.15, 0.2) is 0 Å². The molecule has 0 saturated carbocycles. The maximum Gasteiger partial charge on any atom is 0.352 e. The van der Waals surface area contributed by atoms with Gasteiger partial charge in [-0.05, 0) is 107 Å².